The second-order valence-corrected chi connectivity index (χ2v) is 9.26. The van der Waals surface area contributed by atoms with E-state index in [1.165, 1.54) is 19.3 Å². The van der Waals surface area contributed by atoms with Gasteiger partial charge in [0.1, 0.15) is 11.5 Å². The van der Waals surface area contributed by atoms with Gasteiger partial charge in [0.05, 0.1) is 19.4 Å². The van der Waals surface area contributed by atoms with Gasteiger partial charge in [0.25, 0.3) is 0 Å². The lowest BCUT2D eigenvalue weighted by Crippen LogP contribution is -2.40. The van der Waals surface area contributed by atoms with Gasteiger partial charge in [-0.1, -0.05) is 18.7 Å². The number of imidazole rings is 1. The van der Waals surface area contributed by atoms with Crippen LogP contribution >= 0.6 is 0 Å². The van der Waals surface area contributed by atoms with Gasteiger partial charge >= 0.3 is 0 Å². The topological polar surface area (TPSA) is 77.8 Å². The minimum Gasteiger partial charge on any atom is -0.438 e. The molecule has 7 heteroatoms. The van der Waals surface area contributed by atoms with Crippen LogP contribution in [0.2, 0.25) is 0 Å². The lowest BCUT2D eigenvalue weighted by atomic mass is 9.83. The molecule has 7 nitrogen and oxygen atoms in total. The normalized spacial score (nSPS) is 19.1. The van der Waals surface area contributed by atoms with Crippen molar-refractivity contribution >= 4 is 17.2 Å². The number of hydrogen-bond acceptors (Lipinski definition) is 6. The molecule has 0 radical (unpaired) electrons. The Kier molecular flexibility index (Phi) is 5.43. The van der Waals surface area contributed by atoms with Crippen molar-refractivity contribution in [2.75, 3.05) is 18.5 Å². The zero-order valence-corrected chi connectivity index (χ0v) is 18.3. The van der Waals surface area contributed by atoms with E-state index in [2.05, 4.69) is 22.0 Å². The van der Waals surface area contributed by atoms with Crippen LogP contribution < -0.4 is 10.1 Å². The Hall–Kier alpha value is -3.19. The number of Topliss-reactive ketones (excluding diaryl/α,β-unsaturated/α-hetero) is 1. The maximum absolute atomic E-state index is 11.4. The van der Waals surface area contributed by atoms with Crippen molar-refractivity contribution < 1.29 is 14.3 Å². The van der Waals surface area contributed by atoms with Gasteiger partial charge in [0.2, 0.25) is 5.88 Å². The molecule has 2 aromatic heterocycles. The number of nitrogens with one attached hydrogen (secondary N) is 1. The van der Waals surface area contributed by atoms with Gasteiger partial charge in [-0.25, -0.2) is 9.50 Å². The summed E-state index contributed by atoms with van der Waals surface area (Å²) in [6, 6.07) is 11.2. The molecule has 166 valence electrons. The van der Waals surface area contributed by atoms with Gasteiger partial charge in [-0.2, -0.15) is 0 Å². The van der Waals surface area contributed by atoms with Gasteiger partial charge in [0, 0.05) is 23.6 Å². The first kappa shape index (κ1) is 20.7. The number of aromatic nitrogens is 3. The first-order chi connectivity index (χ1) is 15.5. The third-order valence-corrected chi connectivity index (χ3v) is 6.33. The number of allylic oxidation sites excluding steroid dienone is 1. The average Bonchev–Trinajstić information content (AvgIpc) is 3.31. The van der Waals surface area contributed by atoms with Crippen LogP contribution in [-0.4, -0.2) is 33.6 Å². The quantitative estimate of drug-likeness (QED) is 0.552. The highest BCUT2D eigenvalue weighted by Gasteiger charge is 2.44. The fraction of sp³-hybridized carbons (Fsp3) is 0.400. The summed E-state index contributed by atoms with van der Waals surface area (Å²) < 4.78 is 13.0. The molecule has 1 N–H and O–H groups in total. The molecule has 3 heterocycles. The lowest BCUT2D eigenvalue weighted by molar-refractivity contribution is -0.116. The summed E-state index contributed by atoms with van der Waals surface area (Å²) in [5.41, 5.74) is 3.07. The molecule has 0 bridgehead atoms. The van der Waals surface area contributed by atoms with Gasteiger partial charge in [-0.05, 0) is 62.3 Å². The van der Waals surface area contributed by atoms with E-state index in [4.69, 9.17) is 9.47 Å². The van der Waals surface area contributed by atoms with Crippen LogP contribution in [-0.2, 0) is 16.0 Å². The van der Waals surface area contributed by atoms with Crippen LogP contribution in [0, 0.1) is 11.3 Å². The number of anilines is 1. The van der Waals surface area contributed by atoms with Gasteiger partial charge in [-0.3, -0.25) is 4.79 Å². The van der Waals surface area contributed by atoms with Crippen LogP contribution in [0.5, 0.6) is 11.6 Å². The number of fused-ring (bicyclic) bond motifs is 1. The molecule has 1 unspecified atom stereocenters. The SMILES string of the molecule is C=C(CC1CCC2(COC2)C1)Nc1cn2nc(Oc3cccc(CC(C)=O)c3)ccc2n1. The van der Waals surface area contributed by atoms with Crippen molar-refractivity contribution in [2.24, 2.45) is 11.3 Å². The number of rotatable bonds is 8. The van der Waals surface area contributed by atoms with Crippen LogP contribution in [0.15, 0.2) is 54.9 Å². The molecule has 1 atom stereocenters. The zero-order chi connectivity index (χ0) is 22.1. The second kappa shape index (κ2) is 8.39. The molecule has 1 aliphatic carbocycles. The number of carbonyl (C=O) groups is 1. The monoisotopic (exact) mass is 432 g/mol. The van der Waals surface area contributed by atoms with Crippen LogP contribution in [0.3, 0.4) is 0 Å². The van der Waals surface area contributed by atoms with Crippen LogP contribution in [0.25, 0.3) is 5.65 Å². The fourth-order valence-electron chi connectivity index (χ4n) is 4.84. The molecule has 2 aliphatic rings. The van der Waals surface area contributed by atoms with Crippen molar-refractivity contribution in [1.29, 1.82) is 0 Å². The fourth-order valence-corrected chi connectivity index (χ4v) is 4.84. The van der Waals surface area contributed by atoms with Gasteiger partial charge in [0.15, 0.2) is 11.5 Å². The smallest absolute Gasteiger partial charge is 0.237 e. The average molecular weight is 433 g/mol. The summed E-state index contributed by atoms with van der Waals surface area (Å²) in [7, 11) is 0. The highest BCUT2D eigenvalue weighted by Crippen LogP contribution is 2.48. The van der Waals surface area contributed by atoms with E-state index in [9.17, 15) is 4.79 Å². The Balaban J connectivity index is 1.22. The highest BCUT2D eigenvalue weighted by molar-refractivity contribution is 5.78. The number of carbonyl (C=O) groups excluding carboxylic acids is 1. The van der Waals surface area contributed by atoms with E-state index in [0.29, 0.717) is 29.4 Å². The van der Waals surface area contributed by atoms with Crippen molar-refractivity contribution in [2.45, 2.75) is 39.0 Å². The molecule has 2 fully saturated rings. The summed E-state index contributed by atoms with van der Waals surface area (Å²) in [4.78, 5) is 16.0. The van der Waals surface area contributed by atoms with Crippen molar-refractivity contribution in [3.63, 3.8) is 0 Å². The standard InChI is InChI=1S/C25H28N4O3/c1-17(10-20-8-9-25(13-20)15-31-16-25)26-22-14-29-23(27-22)6-7-24(28-29)32-21-5-3-4-19(12-21)11-18(2)30/h3-7,12,14,20,26H,1,8-11,13,15-16H2,2H3. The Morgan fingerprint density at radius 2 is 2.22 bits per heavy atom. The first-order valence-electron chi connectivity index (χ1n) is 11.1. The predicted molar refractivity (Wildman–Crippen MR) is 122 cm³/mol. The molecule has 32 heavy (non-hydrogen) atoms. The molecule has 0 amide bonds. The molecular formula is C25H28N4O3. The largest absolute Gasteiger partial charge is 0.438 e. The molecule has 1 aromatic carbocycles. The van der Waals surface area contributed by atoms with Crippen LogP contribution in [0.1, 0.15) is 38.2 Å². The maximum atomic E-state index is 11.4. The number of hydrogen-bond donors (Lipinski definition) is 1. The lowest BCUT2D eigenvalue weighted by Gasteiger charge is -2.38. The Morgan fingerprint density at radius 3 is 2.97 bits per heavy atom. The van der Waals surface area contributed by atoms with Crippen LogP contribution in [0.4, 0.5) is 5.82 Å². The maximum Gasteiger partial charge on any atom is 0.237 e. The minimum absolute atomic E-state index is 0.117. The predicted octanol–water partition coefficient (Wildman–Crippen LogP) is 4.79. The number of ether oxygens (including phenoxy) is 2. The summed E-state index contributed by atoms with van der Waals surface area (Å²) >= 11 is 0. The number of nitrogens with zero attached hydrogens (tertiary/aromatic N) is 3. The van der Waals surface area contributed by atoms with Crippen molar-refractivity contribution in [3.05, 3.63) is 60.4 Å². The molecule has 1 aliphatic heterocycles. The second-order valence-electron chi connectivity index (χ2n) is 9.26. The summed E-state index contributed by atoms with van der Waals surface area (Å²) in [5.74, 6) is 2.61. The molecule has 1 saturated heterocycles. The first-order valence-corrected chi connectivity index (χ1v) is 11.1. The summed E-state index contributed by atoms with van der Waals surface area (Å²) in [6.45, 7) is 7.64. The minimum atomic E-state index is 0.117. The Bertz CT molecular complexity index is 1160. The zero-order valence-electron chi connectivity index (χ0n) is 18.3. The van der Waals surface area contributed by atoms with Gasteiger partial charge < -0.3 is 14.8 Å². The Morgan fingerprint density at radius 1 is 1.34 bits per heavy atom. The highest BCUT2D eigenvalue weighted by atomic mass is 16.5. The van der Waals surface area contributed by atoms with E-state index in [1.54, 1.807) is 17.5 Å². The van der Waals surface area contributed by atoms with E-state index >= 15 is 0 Å². The number of benzene rings is 1. The molecule has 5 rings (SSSR count). The van der Waals surface area contributed by atoms with E-state index in [-0.39, 0.29) is 5.78 Å². The van der Waals surface area contributed by atoms with E-state index < -0.39 is 0 Å². The molecule has 1 saturated carbocycles. The van der Waals surface area contributed by atoms with Crippen molar-refractivity contribution in [1.82, 2.24) is 14.6 Å². The van der Waals surface area contributed by atoms with E-state index in [0.717, 1.165) is 42.4 Å². The number of ketones is 1. The molecular weight excluding hydrogens is 404 g/mol. The third-order valence-electron chi connectivity index (χ3n) is 6.33. The Labute approximate surface area is 187 Å². The third kappa shape index (κ3) is 4.53. The molecule has 3 aromatic rings. The summed E-state index contributed by atoms with van der Waals surface area (Å²) in [5, 5.41) is 7.86. The van der Waals surface area contributed by atoms with Crippen molar-refractivity contribution in [3.8, 4) is 11.6 Å². The van der Waals surface area contributed by atoms with E-state index in [1.807, 2.05) is 36.5 Å². The summed E-state index contributed by atoms with van der Waals surface area (Å²) in [6.07, 6.45) is 6.92. The molecule has 1 spiro atoms. The van der Waals surface area contributed by atoms with Gasteiger partial charge in [-0.15, -0.1) is 5.10 Å².